The number of benzene rings is 3. The first-order valence-electron chi connectivity index (χ1n) is 13.0. The first kappa shape index (κ1) is 25.3. The summed E-state index contributed by atoms with van der Waals surface area (Å²) < 4.78 is 26.5. The van der Waals surface area contributed by atoms with Crippen LogP contribution in [0.25, 0.3) is 0 Å². The summed E-state index contributed by atoms with van der Waals surface area (Å²) in [7, 11) is -3.35. The van der Waals surface area contributed by atoms with Crippen LogP contribution in [0.5, 0.6) is 0 Å². The van der Waals surface area contributed by atoms with E-state index in [1.165, 1.54) is 11.8 Å². The van der Waals surface area contributed by atoms with E-state index in [4.69, 9.17) is 0 Å². The molecule has 1 spiro atoms. The van der Waals surface area contributed by atoms with Crippen LogP contribution in [0.2, 0.25) is 0 Å². The predicted molar refractivity (Wildman–Crippen MR) is 149 cm³/mol. The highest BCUT2D eigenvalue weighted by Crippen LogP contribution is 2.50. The fraction of sp³-hybridized carbons (Fsp3) is 0.367. The van der Waals surface area contributed by atoms with Gasteiger partial charge in [-0.1, -0.05) is 66.7 Å². The molecule has 37 heavy (non-hydrogen) atoms. The Kier molecular flexibility index (Phi) is 7.24. The number of carbonyl (C=O) groups excluding carboxylic acids is 1. The van der Waals surface area contributed by atoms with Crippen molar-refractivity contribution in [3.8, 4) is 0 Å². The molecule has 2 aliphatic rings. The van der Waals surface area contributed by atoms with Crippen LogP contribution in [0.4, 0.5) is 11.4 Å². The zero-order valence-electron chi connectivity index (χ0n) is 21.3. The lowest BCUT2D eigenvalue weighted by atomic mass is 9.67. The van der Waals surface area contributed by atoms with E-state index in [2.05, 4.69) is 28.8 Å². The fourth-order valence-electron chi connectivity index (χ4n) is 5.93. The van der Waals surface area contributed by atoms with Gasteiger partial charge in [0, 0.05) is 30.1 Å². The van der Waals surface area contributed by atoms with Gasteiger partial charge in [0.25, 0.3) is 0 Å². The van der Waals surface area contributed by atoms with E-state index >= 15 is 0 Å². The van der Waals surface area contributed by atoms with Gasteiger partial charge in [-0.25, -0.2) is 8.42 Å². The van der Waals surface area contributed by atoms with E-state index < -0.39 is 10.0 Å². The van der Waals surface area contributed by atoms with E-state index in [1.807, 2.05) is 66.7 Å². The Balaban J connectivity index is 1.25. The Morgan fingerprint density at radius 1 is 0.946 bits per heavy atom. The van der Waals surface area contributed by atoms with Gasteiger partial charge in [-0.05, 0) is 61.4 Å². The van der Waals surface area contributed by atoms with Crippen LogP contribution < -0.4 is 14.9 Å². The third-order valence-electron chi connectivity index (χ3n) is 7.90. The van der Waals surface area contributed by atoms with Crippen LogP contribution >= 0.6 is 0 Å². The largest absolute Gasteiger partial charge is 0.383 e. The monoisotopic (exact) mass is 517 g/mol. The fourth-order valence-corrected chi connectivity index (χ4v) is 6.93. The maximum atomic E-state index is 13.4. The minimum Gasteiger partial charge on any atom is -0.383 e. The third-order valence-corrected chi connectivity index (χ3v) is 9.03. The first-order valence-corrected chi connectivity index (χ1v) is 14.9. The standard InChI is InChI=1S/C30H35N3O3S/c1-37(35,36)33-22-30(27-14-8-9-15-28(27)33)18-16-24(17-19-30)29(34)32-26(20-23-10-4-2-5-11-23)21-31-25-12-6-3-7-13-25/h2-15,24,26,31H,16-22H2,1H3,(H,32,34)/t24?,26-,30?/m0/s1. The molecule has 1 amide bonds. The van der Waals surface area contributed by atoms with E-state index in [0.717, 1.165) is 49.0 Å². The molecule has 1 heterocycles. The van der Waals surface area contributed by atoms with Gasteiger partial charge < -0.3 is 10.6 Å². The SMILES string of the molecule is CS(=O)(=O)N1CC2(CCC(C(=O)N[C@H](CNc3ccccc3)Cc3ccccc3)CC2)c2ccccc21. The lowest BCUT2D eigenvalue weighted by molar-refractivity contribution is -0.127. The van der Waals surface area contributed by atoms with Gasteiger partial charge in [0.1, 0.15) is 0 Å². The molecule has 0 unspecified atom stereocenters. The summed E-state index contributed by atoms with van der Waals surface area (Å²) in [5, 5.41) is 6.79. The average molecular weight is 518 g/mol. The number of nitrogens with one attached hydrogen (secondary N) is 2. The number of hydrogen-bond acceptors (Lipinski definition) is 4. The molecule has 1 fully saturated rings. The maximum absolute atomic E-state index is 13.4. The highest BCUT2D eigenvalue weighted by Gasteiger charge is 2.47. The number of carbonyl (C=O) groups is 1. The molecule has 0 aromatic heterocycles. The number of hydrogen-bond donors (Lipinski definition) is 2. The molecule has 1 atom stereocenters. The van der Waals surface area contributed by atoms with Crippen molar-refractivity contribution in [3.05, 3.63) is 96.1 Å². The van der Waals surface area contributed by atoms with Crippen LogP contribution in [-0.4, -0.2) is 39.7 Å². The van der Waals surface area contributed by atoms with Crippen LogP contribution in [0, 0.1) is 5.92 Å². The van der Waals surface area contributed by atoms with Crippen LogP contribution in [0.3, 0.4) is 0 Å². The molecule has 6 nitrogen and oxygen atoms in total. The lowest BCUT2D eigenvalue weighted by Gasteiger charge is -2.37. The van der Waals surface area contributed by atoms with Gasteiger partial charge in [0.15, 0.2) is 0 Å². The molecule has 3 aromatic rings. The van der Waals surface area contributed by atoms with Crippen molar-refractivity contribution in [2.75, 3.05) is 29.0 Å². The molecule has 7 heteroatoms. The Hall–Kier alpha value is -3.32. The molecule has 5 rings (SSSR count). The molecular weight excluding hydrogens is 482 g/mol. The summed E-state index contributed by atoms with van der Waals surface area (Å²) in [4.78, 5) is 13.4. The third kappa shape index (κ3) is 5.67. The van der Waals surface area contributed by atoms with Crippen molar-refractivity contribution >= 4 is 27.3 Å². The molecule has 0 saturated heterocycles. The quantitative estimate of drug-likeness (QED) is 0.453. The molecule has 2 N–H and O–H groups in total. The van der Waals surface area contributed by atoms with Gasteiger partial charge in [0.2, 0.25) is 15.9 Å². The summed E-state index contributed by atoms with van der Waals surface area (Å²) in [6, 6.07) is 28.1. The van der Waals surface area contributed by atoms with Gasteiger partial charge in [-0.15, -0.1) is 0 Å². The van der Waals surface area contributed by atoms with Crippen molar-refractivity contribution in [2.45, 2.75) is 43.6 Å². The predicted octanol–water partition coefficient (Wildman–Crippen LogP) is 4.73. The van der Waals surface area contributed by atoms with Crippen molar-refractivity contribution < 1.29 is 13.2 Å². The Morgan fingerprint density at radius 3 is 2.24 bits per heavy atom. The summed E-state index contributed by atoms with van der Waals surface area (Å²) in [6.07, 6.45) is 5.14. The topological polar surface area (TPSA) is 78.5 Å². The van der Waals surface area contributed by atoms with Crippen LogP contribution in [0.1, 0.15) is 36.8 Å². The van der Waals surface area contributed by atoms with Crippen LogP contribution in [0.15, 0.2) is 84.9 Å². The molecule has 0 bridgehead atoms. The second kappa shape index (κ2) is 10.6. The van der Waals surface area contributed by atoms with Gasteiger partial charge in [-0.2, -0.15) is 0 Å². The Morgan fingerprint density at radius 2 is 1.57 bits per heavy atom. The van der Waals surface area contributed by atoms with Gasteiger partial charge >= 0.3 is 0 Å². The number of para-hydroxylation sites is 2. The molecule has 1 aliphatic carbocycles. The maximum Gasteiger partial charge on any atom is 0.232 e. The molecular formula is C30H35N3O3S. The zero-order chi connectivity index (χ0) is 25.9. The van der Waals surface area contributed by atoms with Crippen molar-refractivity contribution in [1.82, 2.24) is 5.32 Å². The van der Waals surface area contributed by atoms with Crippen molar-refractivity contribution in [2.24, 2.45) is 5.92 Å². The summed E-state index contributed by atoms with van der Waals surface area (Å²) >= 11 is 0. The number of sulfonamides is 1. The normalized spacial score (nSPS) is 21.9. The highest BCUT2D eigenvalue weighted by atomic mass is 32.2. The lowest BCUT2D eigenvalue weighted by Crippen LogP contribution is -2.46. The average Bonchev–Trinajstić information content (AvgIpc) is 3.23. The Bertz CT molecular complexity index is 1320. The Labute approximate surface area is 220 Å². The zero-order valence-corrected chi connectivity index (χ0v) is 22.1. The molecule has 0 radical (unpaired) electrons. The van der Waals surface area contributed by atoms with E-state index in [-0.39, 0.29) is 23.3 Å². The number of anilines is 2. The second-order valence-corrected chi connectivity index (χ2v) is 12.4. The first-order chi connectivity index (χ1) is 17.8. The number of rotatable bonds is 8. The van der Waals surface area contributed by atoms with Crippen molar-refractivity contribution in [3.63, 3.8) is 0 Å². The minimum atomic E-state index is -3.35. The minimum absolute atomic E-state index is 0.0427. The molecule has 194 valence electrons. The van der Waals surface area contributed by atoms with E-state index in [0.29, 0.717) is 13.1 Å². The van der Waals surface area contributed by atoms with Gasteiger partial charge in [0.05, 0.1) is 18.0 Å². The van der Waals surface area contributed by atoms with E-state index in [1.54, 1.807) is 4.31 Å². The van der Waals surface area contributed by atoms with Crippen LogP contribution in [-0.2, 0) is 26.7 Å². The number of amides is 1. The molecule has 1 aliphatic heterocycles. The number of nitrogens with zero attached hydrogens (tertiary/aromatic N) is 1. The smallest absolute Gasteiger partial charge is 0.232 e. The second-order valence-electron chi connectivity index (χ2n) is 10.5. The summed E-state index contributed by atoms with van der Waals surface area (Å²) in [5.41, 5.74) is 3.91. The molecule has 3 aromatic carbocycles. The number of fused-ring (bicyclic) bond motifs is 2. The van der Waals surface area contributed by atoms with E-state index in [9.17, 15) is 13.2 Å². The summed E-state index contributed by atoms with van der Waals surface area (Å²) in [5.74, 6) is 0.0250. The molecule has 1 saturated carbocycles. The van der Waals surface area contributed by atoms with Crippen molar-refractivity contribution in [1.29, 1.82) is 0 Å². The van der Waals surface area contributed by atoms with Gasteiger partial charge in [-0.3, -0.25) is 9.10 Å². The summed E-state index contributed by atoms with van der Waals surface area (Å²) in [6.45, 7) is 1.11. The highest BCUT2D eigenvalue weighted by molar-refractivity contribution is 7.92.